The molecule has 1 N–H and O–H groups in total. The van der Waals surface area contributed by atoms with Crippen LogP contribution in [0.5, 0.6) is 6.01 Å². The summed E-state index contributed by atoms with van der Waals surface area (Å²) in [5.41, 5.74) is 0.687. The Bertz CT molecular complexity index is 339. The van der Waals surface area contributed by atoms with Crippen LogP contribution < -0.4 is 10.1 Å². The van der Waals surface area contributed by atoms with Gasteiger partial charge in [0.25, 0.3) is 0 Å². The molecule has 0 saturated heterocycles. The number of ether oxygens (including phenoxy) is 1. The van der Waals surface area contributed by atoms with E-state index in [2.05, 4.69) is 21.9 Å². The van der Waals surface area contributed by atoms with Crippen molar-refractivity contribution in [2.24, 2.45) is 0 Å². The average molecular weight is 193 g/mol. The third-order valence-electron chi connectivity index (χ3n) is 1.50. The molecule has 5 nitrogen and oxygen atoms in total. The van der Waals surface area contributed by atoms with E-state index >= 15 is 0 Å². The molecule has 0 spiro atoms. The number of carbonyl (C=O) groups excluding carboxylic acids is 1. The molecule has 5 heteroatoms. The van der Waals surface area contributed by atoms with Crippen molar-refractivity contribution < 1.29 is 9.53 Å². The molecule has 0 aliphatic carbocycles. The standard InChI is InChI=1S/C9H11N3O2/c1-3-8(13)11-6-7-4-5-10-9(12-7)14-2/h3-5H,1,6H2,2H3,(H,11,13). The summed E-state index contributed by atoms with van der Waals surface area (Å²) in [6, 6.07) is 1.99. The highest BCUT2D eigenvalue weighted by Gasteiger charge is 1.99. The van der Waals surface area contributed by atoms with Crippen molar-refractivity contribution in [3.63, 3.8) is 0 Å². The van der Waals surface area contributed by atoms with Crippen molar-refractivity contribution in [3.05, 3.63) is 30.6 Å². The van der Waals surface area contributed by atoms with Crippen LogP contribution in [0.25, 0.3) is 0 Å². The van der Waals surface area contributed by atoms with Crippen LogP contribution in [0.1, 0.15) is 5.69 Å². The molecule has 1 aromatic heterocycles. The fourth-order valence-electron chi connectivity index (χ4n) is 0.823. The summed E-state index contributed by atoms with van der Waals surface area (Å²) in [4.78, 5) is 18.7. The normalized spacial score (nSPS) is 9.21. The third kappa shape index (κ3) is 2.85. The van der Waals surface area contributed by atoms with Gasteiger partial charge in [-0.3, -0.25) is 4.79 Å². The molecule has 0 bridgehead atoms. The molecule has 0 saturated carbocycles. The topological polar surface area (TPSA) is 64.1 Å². The van der Waals surface area contributed by atoms with Crippen LogP contribution in [0.15, 0.2) is 24.9 Å². The molecule has 0 fully saturated rings. The van der Waals surface area contributed by atoms with Crippen LogP contribution in [0.4, 0.5) is 0 Å². The maximum atomic E-state index is 10.8. The molecule has 1 rings (SSSR count). The molecule has 74 valence electrons. The SMILES string of the molecule is C=CC(=O)NCc1ccnc(OC)n1. The minimum Gasteiger partial charge on any atom is -0.467 e. The zero-order valence-electron chi connectivity index (χ0n) is 7.86. The number of hydrogen-bond acceptors (Lipinski definition) is 4. The molecule has 0 unspecified atom stereocenters. The number of hydrogen-bond donors (Lipinski definition) is 1. The van der Waals surface area contributed by atoms with Gasteiger partial charge in [-0.05, 0) is 12.1 Å². The smallest absolute Gasteiger partial charge is 0.316 e. The Labute approximate surface area is 81.8 Å². The fourth-order valence-corrected chi connectivity index (χ4v) is 0.823. The average Bonchev–Trinajstić information content (AvgIpc) is 2.26. The van der Waals surface area contributed by atoms with Crippen LogP contribution in [0.2, 0.25) is 0 Å². The zero-order valence-corrected chi connectivity index (χ0v) is 7.86. The highest BCUT2D eigenvalue weighted by Crippen LogP contribution is 2.01. The first-order valence-electron chi connectivity index (χ1n) is 4.02. The first kappa shape index (κ1) is 10.2. The number of nitrogens with one attached hydrogen (secondary N) is 1. The number of aromatic nitrogens is 2. The van der Waals surface area contributed by atoms with Gasteiger partial charge in [0.15, 0.2) is 0 Å². The van der Waals surface area contributed by atoms with Crippen molar-refractivity contribution in [2.45, 2.75) is 6.54 Å². The molecular weight excluding hydrogens is 182 g/mol. The summed E-state index contributed by atoms with van der Waals surface area (Å²) in [5, 5.41) is 2.60. The summed E-state index contributed by atoms with van der Waals surface area (Å²) in [6.45, 7) is 3.67. The van der Waals surface area contributed by atoms with Crippen LogP contribution >= 0.6 is 0 Å². The molecule has 0 aliphatic heterocycles. The molecule has 1 heterocycles. The number of nitrogens with zero attached hydrogens (tertiary/aromatic N) is 2. The second kappa shape index (κ2) is 4.96. The lowest BCUT2D eigenvalue weighted by atomic mass is 10.4. The summed E-state index contributed by atoms with van der Waals surface area (Å²) in [6.07, 6.45) is 2.78. The lowest BCUT2D eigenvalue weighted by Gasteiger charge is -2.02. The summed E-state index contributed by atoms with van der Waals surface area (Å²) < 4.78 is 4.83. The largest absolute Gasteiger partial charge is 0.467 e. The maximum Gasteiger partial charge on any atom is 0.316 e. The van der Waals surface area contributed by atoms with Crippen molar-refractivity contribution >= 4 is 5.91 Å². The third-order valence-corrected chi connectivity index (χ3v) is 1.50. The predicted octanol–water partition coefficient (Wildman–Crippen LogP) is 0.287. The Kier molecular flexibility index (Phi) is 3.60. The highest BCUT2D eigenvalue weighted by atomic mass is 16.5. The minimum atomic E-state index is -0.234. The van der Waals surface area contributed by atoms with Gasteiger partial charge in [-0.1, -0.05) is 6.58 Å². The van der Waals surface area contributed by atoms with Gasteiger partial charge in [0.05, 0.1) is 19.3 Å². The van der Waals surface area contributed by atoms with Crippen LogP contribution in [-0.4, -0.2) is 23.0 Å². The van der Waals surface area contributed by atoms with Gasteiger partial charge < -0.3 is 10.1 Å². The van der Waals surface area contributed by atoms with E-state index in [4.69, 9.17) is 4.74 Å². The number of amides is 1. The number of methoxy groups -OCH3 is 1. The zero-order chi connectivity index (χ0) is 10.4. The van der Waals surface area contributed by atoms with Crippen molar-refractivity contribution in [3.8, 4) is 6.01 Å². The molecule has 0 radical (unpaired) electrons. The van der Waals surface area contributed by atoms with Gasteiger partial charge in [-0.2, -0.15) is 4.98 Å². The van der Waals surface area contributed by atoms with E-state index < -0.39 is 0 Å². The van der Waals surface area contributed by atoms with Crippen LogP contribution in [0.3, 0.4) is 0 Å². The van der Waals surface area contributed by atoms with Crippen LogP contribution in [-0.2, 0) is 11.3 Å². The molecule has 0 aliphatic rings. The van der Waals surface area contributed by atoms with E-state index in [1.54, 1.807) is 12.3 Å². The Morgan fingerprint density at radius 2 is 2.57 bits per heavy atom. The quantitative estimate of drug-likeness (QED) is 0.698. The second-order valence-corrected chi connectivity index (χ2v) is 2.46. The van der Waals surface area contributed by atoms with Gasteiger partial charge in [0, 0.05) is 6.20 Å². The number of carbonyl (C=O) groups is 1. The van der Waals surface area contributed by atoms with Crippen LogP contribution in [0, 0.1) is 0 Å². The molecule has 14 heavy (non-hydrogen) atoms. The van der Waals surface area contributed by atoms with Gasteiger partial charge in [-0.15, -0.1) is 0 Å². The summed E-state index contributed by atoms with van der Waals surface area (Å²) >= 11 is 0. The molecule has 1 aromatic rings. The molecule has 1 amide bonds. The molecular formula is C9H11N3O2. The monoisotopic (exact) mass is 193 g/mol. The van der Waals surface area contributed by atoms with E-state index in [0.717, 1.165) is 0 Å². The van der Waals surface area contributed by atoms with Gasteiger partial charge in [0.1, 0.15) is 0 Å². The van der Waals surface area contributed by atoms with Crippen molar-refractivity contribution in [1.29, 1.82) is 0 Å². The van der Waals surface area contributed by atoms with Gasteiger partial charge in [0.2, 0.25) is 5.91 Å². The van der Waals surface area contributed by atoms with E-state index in [9.17, 15) is 4.79 Å². The highest BCUT2D eigenvalue weighted by molar-refractivity contribution is 5.86. The first-order chi connectivity index (χ1) is 6.76. The summed E-state index contributed by atoms with van der Waals surface area (Å²) in [5.74, 6) is -0.234. The fraction of sp³-hybridized carbons (Fsp3) is 0.222. The van der Waals surface area contributed by atoms with E-state index in [1.165, 1.54) is 13.2 Å². The van der Waals surface area contributed by atoms with E-state index in [-0.39, 0.29) is 11.9 Å². The Morgan fingerprint density at radius 1 is 1.79 bits per heavy atom. The Morgan fingerprint density at radius 3 is 3.21 bits per heavy atom. The predicted molar refractivity (Wildman–Crippen MR) is 50.6 cm³/mol. The summed E-state index contributed by atoms with van der Waals surface area (Å²) in [7, 11) is 1.49. The maximum absolute atomic E-state index is 10.8. The van der Waals surface area contributed by atoms with Gasteiger partial charge in [-0.25, -0.2) is 4.98 Å². The minimum absolute atomic E-state index is 0.234. The lowest BCUT2D eigenvalue weighted by molar-refractivity contribution is -0.116. The number of rotatable bonds is 4. The molecule has 0 atom stereocenters. The van der Waals surface area contributed by atoms with Gasteiger partial charge >= 0.3 is 6.01 Å². The van der Waals surface area contributed by atoms with Crippen molar-refractivity contribution in [1.82, 2.24) is 15.3 Å². The van der Waals surface area contributed by atoms with E-state index in [0.29, 0.717) is 12.2 Å². The molecule has 0 aromatic carbocycles. The second-order valence-electron chi connectivity index (χ2n) is 2.46. The Balaban J connectivity index is 2.58. The Hall–Kier alpha value is -1.91. The lowest BCUT2D eigenvalue weighted by Crippen LogP contribution is -2.20. The van der Waals surface area contributed by atoms with Crippen molar-refractivity contribution in [2.75, 3.05) is 7.11 Å². The first-order valence-corrected chi connectivity index (χ1v) is 4.02. The van der Waals surface area contributed by atoms with E-state index in [1.807, 2.05) is 0 Å².